The monoisotopic (exact) mass is 243 g/mol. The van der Waals surface area contributed by atoms with E-state index in [1.165, 1.54) is 16.9 Å². The van der Waals surface area contributed by atoms with Crippen LogP contribution in [-0.2, 0) is 0 Å². The van der Waals surface area contributed by atoms with Gasteiger partial charge in [0.2, 0.25) is 0 Å². The fourth-order valence-corrected chi connectivity index (χ4v) is 2.38. The molecule has 0 bridgehead atoms. The topological polar surface area (TPSA) is 65.8 Å². The first-order valence-electron chi connectivity index (χ1n) is 4.97. The van der Waals surface area contributed by atoms with Crippen molar-refractivity contribution in [1.82, 2.24) is 0 Å². The van der Waals surface area contributed by atoms with E-state index in [1.807, 2.05) is 37.3 Å². The Kier molecular flexibility index (Phi) is 3.23. The van der Waals surface area contributed by atoms with Gasteiger partial charge < -0.3 is 0 Å². The van der Waals surface area contributed by atoms with Crippen molar-refractivity contribution in [2.24, 2.45) is 5.11 Å². The van der Waals surface area contributed by atoms with Gasteiger partial charge in [-0.3, -0.25) is 4.79 Å². The molecule has 84 valence electrons. The molecule has 0 unspecified atom stereocenters. The lowest BCUT2D eigenvalue weighted by Crippen LogP contribution is -1.86. The number of aryl methyl sites for hydroxylation is 1. The Labute approximate surface area is 102 Å². The summed E-state index contributed by atoms with van der Waals surface area (Å²) in [6.45, 7) is 2.02. The van der Waals surface area contributed by atoms with Gasteiger partial charge in [-0.05, 0) is 35.3 Å². The van der Waals surface area contributed by atoms with Crippen molar-refractivity contribution in [2.45, 2.75) is 6.92 Å². The van der Waals surface area contributed by atoms with Crippen molar-refractivity contribution in [1.29, 1.82) is 0 Å². The van der Waals surface area contributed by atoms with Crippen molar-refractivity contribution in [2.75, 3.05) is 0 Å². The fourth-order valence-electron chi connectivity index (χ4n) is 1.50. The summed E-state index contributed by atoms with van der Waals surface area (Å²) in [6, 6.07) is 11.6. The Morgan fingerprint density at radius 3 is 2.88 bits per heavy atom. The van der Waals surface area contributed by atoms with Gasteiger partial charge in [0.1, 0.15) is 0 Å². The third-order valence-electron chi connectivity index (χ3n) is 2.25. The van der Waals surface area contributed by atoms with E-state index >= 15 is 0 Å². The van der Waals surface area contributed by atoms with Crippen LogP contribution in [0.4, 0.5) is 0 Å². The van der Waals surface area contributed by atoms with Gasteiger partial charge in [0.05, 0.1) is 4.88 Å². The third-order valence-corrected chi connectivity index (χ3v) is 3.38. The number of azide groups is 1. The number of carbonyl (C=O) groups is 1. The van der Waals surface area contributed by atoms with Gasteiger partial charge in [-0.2, -0.15) is 0 Å². The summed E-state index contributed by atoms with van der Waals surface area (Å²) in [7, 11) is 0. The Morgan fingerprint density at radius 1 is 1.35 bits per heavy atom. The zero-order chi connectivity index (χ0) is 12.3. The summed E-state index contributed by atoms with van der Waals surface area (Å²) in [5, 5.41) is 3.07. The molecular weight excluding hydrogens is 234 g/mol. The summed E-state index contributed by atoms with van der Waals surface area (Å²) in [6.07, 6.45) is 0. The van der Waals surface area contributed by atoms with E-state index in [-0.39, 0.29) is 0 Å². The predicted molar refractivity (Wildman–Crippen MR) is 68.0 cm³/mol. The Bertz CT molecular complexity index is 612. The molecule has 5 heteroatoms. The van der Waals surface area contributed by atoms with Crippen molar-refractivity contribution in [3.63, 3.8) is 0 Å². The molecule has 1 amide bonds. The third kappa shape index (κ3) is 2.53. The zero-order valence-corrected chi connectivity index (χ0v) is 9.94. The summed E-state index contributed by atoms with van der Waals surface area (Å²) in [4.78, 5) is 15.3. The van der Waals surface area contributed by atoms with Crippen LogP contribution in [0, 0.1) is 6.92 Å². The number of hydrogen-bond acceptors (Lipinski definition) is 2. The molecule has 0 N–H and O–H groups in total. The average molecular weight is 243 g/mol. The second kappa shape index (κ2) is 4.82. The van der Waals surface area contributed by atoms with Gasteiger partial charge >= 0.3 is 0 Å². The van der Waals surface area contributed by atoms with Crippen LogP contribution < -0.4 is 0 Å². The van der Waals surface area contributed by atoms with Gasteiger partial charge in [-0.15, -0.1) is 11.3 Å². The Balaban J connectivity index is 2.36. The minimum absolute atomic E-state index is 0.458. The van der Waals surface area contributed by atoms with Gasteiger partial charge in [0.25, 0.3) is 5.91 Å². The molecule has 17 heavy (non-hydrogen) atoms. The van der Waals surface area contributed by atoms with Gasteiger partial charge in [-0.25, -0.2) is 0 Å². The highest BCUT2D eigenvalue weighted by atomic mass is 32.1. The number of carbonyl (C=O) groups excluding carboxylic acids is 1. The lowest BCUT2D eigenvalue weighted by atomic mass is 10.1. The quantitative estimate of drug-likeness (QED) is 0.443. The van der Waals surface area contributed by atoms with E-state index in [2.05, 4.69) is 10.0 Å². The number of benzene rings is 1. The Hall–Kier alpha value is -2.10. The lowest BCUT2D eigenvalue weighted by Gasteiger charge is -1.98. The predicted octanol–water partition coefficient (Wildman–Crippen LogP) is 4.17. The van der Waals surface area contributed by atoms with E-state index in [9.17, 15) is 4.79 Å². The number of nitrogens with zero attached hydrogens (tertiary/aromatic N) is 3. The molecule has 0 radical (unpaired) electrons. The molecule has 0 saturated carbocycles. The first-order chi connectivity index (χ1) is 8.20. The number of hydrogen-bond donors (Lipinski definition) is 0. The van der Waals surface area contributed by atoms with Crippen LogP contribution in [0.2, 0.25) is 0 Å². The SMILES string of the molecule is Cc1cccc(-c2ccc(C(=O)N=[N+]=[N-])s2)c1. The lowest BCUT2D eigenvalue weighted by molar-refractivity contribution is 0.100. The maximum Gasteiger partial charge on any atom is 0.259 e. The average Bonchev–Trinajstić information content (AvgIpc) is 2.78. The van der Waals surface area contributed by atoms with E-state index in [0.29, 0.717) is 4.88 Å². The molecule has 0 spiro atoms. The van der Waals surface area contributed by atoms with E-state index in [1.54, 1.807) is 6.07 Å². The van der Waals surface area contributed by atoms with Gasteiger partial charge in [0, 0.05) is 9.79 Å². The zero-order valence-electron chi connectivity index (χ0n) is 9.12. The molecule has 0 saturated heterocycles. The van der Waals surface area contributed by atoms with Crippen molar-refractivity contribution in [3.05, 3.63) is 57.3 Å². The summed E-state index contributed by atoms with van der Waals surface area (Å²) in [5.74, 6) is -0.531. The van der Waals surface area contributed by atoms with Gasteiger partial charge in [0.15, 0.2) is 0 Å². The molecule has 0 aliphatic carbocycles. The smallest absolute Gasteiger partial charge is 0.259 e. The second-order valence-electron chi connectivity index (χ2n) is 3.53. The highest BCUT2D eigenvalue weighted by molar-refractivity contribution is 7.17. The first-order valence-corrected chi connectivity index (χ1v) is 5.78. The summed E-state index contributed by atoms with van der Waals surface area (Å²) in [5.41, 5.74) is 10.4. The minimum atomic E-state index is -0.531. The van der Waals surface area contributed by atoms with Crippen LogP contribution in [0.5, 0.6) is 0 Å². The molecule has 1 heterocycles. The molecule has 4 nitrogen and oxygen atoms in total. The maximum absolute atomic E-state index is 11.3. The number of thiophene rings is 1. The first kappa shape index (κ1) is 11.4. The van der Waals surface area contributed by atoms with Gasteiger partial charge in [-0.1, -0.05) is 29.8 Å². The van der Waals surface area contributed by atoms with Crippen LogP contribution >= 0.6 is 11.3 Å². The second-order valence-corrected chi connectivity index (χ2v) is 4.61. The van der Waals surface area contributed by atoms with E-state index in [0.717, 1.165) is 10.4 Å². The Morgan fingerprint density at radius 2 is 2.18 bits per heavy atom. The van der Waals surface area contributed by atoms with Crippen LogP contribution in [0.15, 0.2) is 41.5 Å². The van der Waals surface area contributed by atoms with E-state index in [4.69, 9.17) is 5.53 Å². The molecule has 2 rings (SSSR count). The van der Waals surface area contributed by atoms with Crippen molar-refractivity contribution in [3.8, 4) is 10.4 Å². The maximum atomic E-state index is 11.3. The van der Waals surface area contributed by atoms with Crippen LogP contribution in [-0.4, -0.2) is 5.91 Å². The number of rotatable bonds is 2. The summed E-state index contributed by atoms with van der Waals surface area (Å²) < 4.78 is 0. The van der Waals surface area contributed by atoms with Crippen LogP contribution in [0.25, 0.3) is 20.9 Å². The molecule has 0 atom stereocenters. The molecule has 0 fully saturated rings. The minimum Gasteiger partial charge on any atom is -0.286 e. The molecule has 2 aromatic rings. The summed E-state index contributed by atoms with van der Waals surface area (Å²) >= 11 is 1.33. The highest BCUT2D eigenvalue weighted by Crippen LogP contribution is 2.28. The molecule has 0 aliphatic heterocycles. The molecule has 1 aromatic heterocycles. The molecular formula is C12H9N3OS. The fraction of sp³-hybridized carbons (Fsp3) is 0.0833. The van der Waals surface area contributed by atoms with E-state index < -0.39 is 5.91 Å². The largest absolute Gasteiger partial charge is 0.286 e. The highest BCUT2D eigenvalue weighted by Gasteiger charge is 2.08. The van der Waals surface area contributed by atoms with Crippen molar-refractivity contribution >= 4 is 17.2 Å². The molecule has 0 aliphatic rings. The van der Waals surface area contributed by atoms with Crippen LogP contribution in [0.3, 0.4) is 0 Å². The molecule has 1 aromatic carbocycles. The standard InChI is InChI=1S/C12H9N3OS/c1-8-3-2-4-9(7-8)10-5-6-11(17-10)12(16)14-15-13/h2-7H,1H3. The van der Waals surface area contributed by atoms with Crippen molar-refractivity contribution < 1.29 is 4.79 Å². The number of amides is 1. The van der Waals surface area contributed by atoms with Crippen LogP contribution in [0.1, 0.15) is 15.2 Å². The normalized spacial score (nSPS) is 9.71.